The Morgan fingerprint density at radius 2 is 1.92 bits per heavy atom. The van der Waals surface area contributed by atoms with E-state index < -0.39 is 28.9 Å². The molecule has 2 N–H and O–H groups in total. The van der Waals surface area contributed by atoms with Crippen molar-refractivity contribution in [2.24, 2.45) is 0 Å². The van der Waals surface area contributed by atoms with E-state index in [0.717, 1.165) is 34.3 Å². The van der Waals surface area contributed by atoms with Gasteiger partial charge in [0.05, 0.1) is 12.7 Å². The van der Waals surface area contributed by atoms with E-state index in [4.69, 9.17) is 4.74 Å². The molecule has 1 aromatic heterocycles. The van der Waals surface area contributed by atoms with Crippen LogP contribution < -0.4 is 10.1 Å². The molecule has 0 aliphatic rings. The maximum Gasteiger partial charge on any atom is 0.254 e. The van der Waals surface area contributed by atoms with Crippen LogP contribution in [-0.2, 0) is 6.42 Å². The average Bonchev–Trinajstić information content (AvgIpc) is 2.94. The minimum atomic E-state index is -1.66. The van der Waals surface area contributed by atoms with Gasteiger partial charge in [0, 0.05) is 23.1 Å². The van der Waals surface area contributed by atoms with Crippen LogP contribution in [0.1, 0.15) is 21.6 Å². The summed E-state index contributed by atoms with van der Waals surface area (Å²) in [6.07, 6.45) is 0.482. The fourth-order valence-electron chi connectivity index (χ4n) is 2.91. The number of nitrogens with one attached hydrogen (secondary N) is 2. The highest BCUT2D eigenvalue weighted by Gasteiger charge is 2.18. The number of rotatable bonds is 5. The highest BCUT2D eigenvalue weighted by molar-refractivity contribution is 5.94. The number of fused-ring (bicyclic) bond motifs is 1. The van der Waals surface area contributed by atoms with Crippen LogP contribution in [0.15, 0.2) is 30.3 Å². The van der Waals surface area contributed by atoms with E-state index in [9.17, 15) is 18.0 Å². The van der Waals surface area contributed by atoms with Crippen molar-refractivity contribution in [3.05, 3.63) is 64.6 Å². The van der Waals surface area contributed by atoms with Crippen molar-refractivity contribution in [2.45, 2.75) is 13.3 Å². The molecule has 3 rings (SSSR count). The number of aryl methyl sites for hydroxylation is 1. The number of methoxy groups -OCH3 is 1. The van der Waals surface area contributed by atoms with Crippen LogP contribution in [0.2, 0.25) is 0 Å². The number of aromatic amines is 1. The number of hydrogen-bond acceptors (Lipinski definition) is 2. The molecule has 1 amide bonds. The van der Waals surface area contributed by atoms with Gasteiger partial charge in [0.1, 0.15) is 5.75 Å². The molecule has 0 fully saturated rings. The van der Waals surface area contributed by atoms with Gasteiger partial charge in [-0.2, -0.15) is 0 Å². The first-order valence-corrected chi connectivity index (χ1v) is 7.99. The van der Waals surface area contributed by atoms with E-state index in [1.807, 2.05) is 25.1 Å². The molecule has 7 heteroatoms. The standard InChI is InChI=1S/C19H17F3N2O2/c1-10-12(14-9-11(26-2)3-6-16(14)24-10)7-8-23-19(25)13-4-5-15(20)18(22)17(13)21/h3-6,9,24H,7-8H2,1-2H3,(H,23,25). The Morgan fingerprint density at radius 3 is 2.65 bits per heavy atom. The fourth-order valence-corrected chi connectivity index (χ4v) is 2.91. The van der Waals surface area contributed by atoms with E-state index in [2.05, 4.69) is 10.3 Å². The van der Waals surface area contributed by atoms with E-state index >= 15 is 0 Å². The molecule has 0 spiro atoms. The Hall–Kier alpha value is -2.96. The summed E-state index contributed by atoms with van der Waals surface area (Å²) in [4.78, 5) is 15.3. The van der Waals surface area contributed by atoms with Crippen LogP contribution in [-0.4, -0.2) is 24.5 Å². The zero-order valence-corrected chi connectivity index (χ0v) is 14.3. The van der Waals surface area contributed by atoms with Gasteiger partial charge in [-0.25, -0.2) is 13.2 Å². The molecule has 0 unspecified atom stereocenters. The number of halogens is 3. The predicted molar refractivity (Wildman–Crippen MR) is 91.9 cm³/mol. The highest BCUT2D eigenvalue weighted by Crippen LogP contribution is 2.26. The number of carbonyl (C=O) groups excluding carboxylic acids is 1. The summed E-state index contributed by atoms with van der Waals surface area (Å²) in [5.74, 6) is -4.56. The molecule has 0 radical (unpaired) electrons. The van der Waals surface area contributed by atoms with Gasteiger partial charge in [-0.3, -0.25) is 4.79 Å². The Bertz CT molecular complexity index is 983. The van der Waals surface area contributed by atoms with Gasteiger partial charge < -0.3 is 15.0 Å². The van der Waals surface area contributed by atoms with Crippen LogP contribution in [0.25, 0.3) is 10.9 Å². The van der Waals surface area contributed by atoms with Crippen LogP contribution in [0, 0.1) is 24.4 Å². The van der Waals surface area contributed by atoms with Gasteiger partial charge in [-0.1, -0.05) is 0 Å². The highest BCUT2D eigenvalue weighted by atomic mass is 19.2. The number of H-pyrrole nitrogens is 1. The Balaban J connectivity index is 1.74. The lowest BCUT2D eigenvalue weighted by Crippen LogP contribution is -2.27. The molecule has 0 bridgehead atoms. The summed E-state index contributed by atoms with van der Waals surface area (Å²) in [5.41, 5.74) is 2.35. The SMILES string of the molecule is COc1ccc2[nH]c(C)c(CCNC(=O)c3ccc(F)c(F)c3F)c2c1. The number of benzene rings is 2. The number of ether oxygens (including phenoxy) is 1. The lowest BCUT2D eigenvalue weighted by atomic mass is 10.1. The lowest BCUT2D eigenvalue weighted by Gasteiger charge is -2.08. The Labute approximate surface area is 148 Å². The number of carbonyl (C=O) groups is 1. The maximum absolute atomic E-state index is 13.7. The molecule has 0 saturated carbocycles. The molecule has 0 atom stereocenters. The zero-order chi connectivity index (χ0) is 18.8. The molecule has 26 heavy (non-hydrogen) atoms. The second-order valence-electron chi connectivity index (χ2n) is 5.87. The molecule has 1 heterocycles. The number of aromatic nitrogens is 1. The van der Waals surface area contributed by atoms with E-state index in [0.29, 0.717) is 12.2 Å². The van der Waals surface area contributed by atoms with Crippen LogP contribution in [0.3, 0.4) is 0 Å². The van der Waals surface area contributed by atoms with Crippen LogP contribution in [0.4, 0.5) is 13.2 Å². The average molecular weight is 362 g/mol. The van der Waals surface area contributed by atoms with Crippen molar-refractivity contribution in [3.63, 3.8) is 0 Å². The topological polar surface area (TPSA) is 54.1 Å². The smallest absolute Gasteiger partial charge is 0.254 e. The molecular formula is C19H17F3N2O2. The Morgan fingerprint density at radius 1 is 1.15 bits per heavy atom. The van der Waals surface area contributed by atoms with Crippen molar-refractivity contribution in [2.75, 3.05) is 13.7 Å². The molecule has 0 aliphatic carbocycles. The minimum absolute atomic E-state index is 0.211. The molecular weight excluding hydrogens is 345 g/mol. The van der Waals surface area contributed by atoms with Gasteiger partial charge in [0.2, 0.25) is 0 Å². The summed E-state index contributed by atoms with van der Waals surface area (Å²) < 4.78 is 45.1. The fraction of sp³-hybridized carbons (Fsp3) is 0.211. The van der Waals surface area contributed by atoms with E-state index in [1.165, 1.54) is 0 Å². The van der Waals surface area contributed by atoms with Gasteiger partial charge in [-0.05, 0) is 49.2 Å². The summed E-state index contributed by atoms with van der Waals surface area (Å²) in [6, 6.07) is 7.29. The predicted octanol–water partition coefficient (Wildman–Crippen LogP) is 3.87. The largest absolute Gasteiger partial charge is 0.497 e. The zero-order valence-electron chi connectivity index (χ0n) is 14.3. The second kappa shape index (κ2) is 7.11. The molecule has 2 aromatic carbocycles. The normalized spacial score (nSPS) is 11.0. The quantitative estimate of drug-likeness (QED) is 0.677. The van der Waals surface area contributed by atoms with Crippen molar-refractivity contribution < 1.29 is 22.7 Å². The van der Waals surface area contributed by atoms with E-state index in [1.54, 1.807) is 7.11 Å². The molecule has 0 aliphatic heterocycles. The summed E-state index contributed by atoms with van der Waals surface area (Å²) >= 11 is 0. The first-order chi connectivity index (χ1) is 12.4. The first-order valence-electron chi connectivity index (χ1n) is 7.99. The minimum Gasteiger partial charge on any atom is -0.497 e. The van der Waals surface area contributed by atoms with Gasteiger partial charge in [-0.15, -0.1) is 0 Å². The lowest BCUT2D eigenvalue weighted by molar-refractivity contribution is 0.0949. The number of hydrogen-bond donors (Lipinski definition) is 2. The molecule has 0 saturated heterocycles. The monoisotopic (exact) mass is 362 g/mol. The van der Waals surface area contributed by atoms with Crippen molar-refractivity contribution >= 4 is 16.8 Å². The van der Waals surface area contributed by atoms with Crippen LogP contribution in [0.5, 0.6) is 5.75 Å². The van der Waals surface area contributed by atoms with Crippen LogP contribution >= 0.6 is 0 Å². The Kier molecular flexibility index (Phi) is 4.88. The van der Waals surface area contributed by atoms with Gasteiger partial charge >= 0.3 is 0 Å². The van der Waals surface area contributed by atoms with Crippen molar-refractivity contribution in [1.29, 1.82) is 0 Å². The number of amides is 1. The van der Waals surface area contributed by atoms with Gasteiger partial charge in [0.15, 0.2) is 17.5 Å². The van der Waals surface area contributed by atoms with Crippen molar-refractivity contribution in [3.8, 4) is 5.75 Å². The summed E-state index contributed by atoms with van der Waals surface area (Å²) in [6.45, 7) is 2.13. The maximum atomic E-state index is 13.7. The van der Waals surface area contributed by atoms with Gasteiger partial charge in [0.25, 0.3) is 5.91 Å². The summed E-state index contributed by atoms with van der Waals surface area (Å²) in [5, 5.41) is 3.50. The third-order valence-corrected chi connectivity index (χ3v) is 4.27. The molecule has 4 nitrogen and oxygen atoms in total. The van der Waals surface area contributed by atoms with E-state index in [-0.39, 0.29) is 6.54 Å². The summed E-state index contributed by atoms with van der Waals surface area (Å²) in [7, 11) is 1.58. The second-order valence-corrected chi connectivity index (χ2v) is 5.87. The van der Waals surface area contributed by atoms with Crippen molar-refractivity contribution in [1.82, 2.24) is 10.3 Å². The third-order valence-electron chi connectivity index (χ3n) is 4.27. The first kappa shape index (κ1) is 17.8. The molecule has 3 aromatic rings. The third kappa shape index (κ3) is 3.24. The molecule has 136 valence electrons.